The molecule has 0 radical (unpaired) electrons. The van der Waals surface area contributed by atoms with E-state index in [1.807, 2.05) is 0 Å². The van der Waals surface area contributed by atoms with Crippen molar-refractivity contribution < 1.29 is 21.9 Å². The predicted octanol–water partition coefficient (Wildman–Crippen LogP) is 2.83. The molecule has 1 aromatic carbocycles. The second-order valence-electron chi connectivity index (χ2n) is 3.02. The highest BCUT2D eigenvalue weighted by Crippen LogP contribution is 2.31. The average Bonchev–Trinajstić information content (AvgIpc) is 2.26. The van der Waals surface area contributed by atoms with Gasteiger partial charge in [0.1, 0.15) is 11.8 Å². The fraction of sp³-hybridized carbons (Fsp3) is 0.222. The number of benzene rings is 1. The molecule has 0 heterocycles. The van der Waals surface area contributed by atoms with E-state index < -0.39 is 26.3 Å². The van der Waals surface area contributed by atoms with Crippen molar-refractivity contribution in [1.29, 1.82) is 5.26 Å². The first kappa shape index (κ1) is 15.0. The lowest BCUT2D eigenvalue weighted by Gasteiger charge is -2.11. The zero-order valence-corrected chi connectivity index (χ0v) is 10.9. The summed E-state index contributed by atoms with van der Waals surface area (Å²) in [6, 6.07) is 3.37. The lowest BCUT2D eigenvalue weighted by atomic mass is 10.1. The predicted molar refractivity (Wildman–Crippen MR) is 60.4 cm³/mol. The van der Waals surface area contributed by atoms with Crippen LogP contribution in [0.3, 0.4) is 0 Å². The van der Waals surface area contributed by atoms with Gasteiger partial charge in [0.2, 0.25) is 0 Å². The van der Waals surface area contributed by atoms with Crippen LogP contribution in [0.25, 0.3) is 0 Å². The summed E-state index contributed by atoms with van der Waals surface area (Å²) in [4.78, 5) is -0.405. The van der Waals surface area contributed by atoms with Gasteiger partial charge in [0.15, 0.2) is 0 Å². The molecule has 0 spiro atoms. The van der Waals surface area contributed by atoms with Crippen LogP contribution in [0.1, 0.15) is 11.1 Å². The minimum atomic E-state index is -4.09. The number of alkyl halides is 3. The molecule has 0 aliphatic rings. The zero-order valence-electron chi connectivity index (χ0n) is 8.53. The van der Waals surface area contributed by atoms with Crippen molar-refractivity contribution in [1.82, 2.24) is 0 Å². The van der Waals surface area contributed by atoms with Gasteiger partial charge in [0, 0.05) is 16.2 Å². The molecule has 0 atom stereocenters. The van der Waals surface area contributed by atoms with E-state index in [1.165, 1.54) is 0 Å². The van der Waals surface area contributed by atoms with E-state index in [0.717, 1.165) is 12.1 Å². The van der Waals surface area contributed by atoms with Gasteiger partial charge in [-0.25, -0.2) is 8.42 Å². The lowest BCUT2D eigenvalue weighted by molar-refractivity contribution is -0.0505. The van der Waals surface area contributed by atoms with Crippen molar-refractivity contribution in [3.05, 3.63) is 23.3 Å². The third-order valence-corrected chi connectivity index (χ3v) is 3.51. The first-order valence-electron chi connectivity index (χ1n) is 4.32. The second-order valence-corrected chi connectivity index (χ2v) is 5.85. The molecule has 98 valence electrons. The maximum atomic E-state index is 12.2. The van der Waals surface area contributed by atoms with E-state index in [-0.39, 0.29) is 17.0 Å². The van der Waals surface area contributed by atoms with Gasteiger partial charge in [-0.2, -0.15) is 14.0 Å². The van der Waals surface area contributed by atoms with Crippen LogP contribution in [0.2, 0.25) is 0 Å². The van der Waals surface area contributed by atoms with Crippen LogP contribution in [0.5, 0.6) is 5.75 Å². The van der Waals surface area contributed by atoms with Crippen LogP contribution in [0.15, 0.2) is 17.0 Å². The molecule has 0 aliphatic carbocycles. The molecule has 0 aromatic heterocycles. The number of ether oxygens (including phenoxy) is 1. The van der Waals surface area contributed by atoms with Crippen LogP contribution in [0, 0.1) is 11.3 Å². The molecule has 0 saturated heterocycles. The molecule has 1 aromatic rings. The topological polar surface area (TPSA) is 67.2 Å². The van der Waals surface area contributed by atoms with Crippen molar-refractivity contribution in [2.75, 3.05) is 0 Å². The van der Waals surface area contributed by atoms with Crippen LogP contribution < -0.4 is 4.74 Å². The summed E-state index contributed by atoms with van der Waals surface area (Å²) < 4.78 is 50.7. The number of rotatable bonds is 4. The molecule has 0 amide bonds. The number of halogens is 4. The van der Waals surface area contributed by atoms with Gasteiger partial charge in [-0.1, -0.05) is 0 Å². The largest absolute Gasteiger partial charge is 0.433 e. The van der Waals surface area contributed by atoms with E-state index in [9.17, 15) is 17.2 Å². The van der Waals surface area contributed by atoms with Gasteiger partial charge in [0.25, 0.3) is 9.05 Å². The molecule has 0 fully saturated rings. The Hall–Kier alpha value is -1.10. The van der Waals surface area contributed by atoms with Gasteiger partial charge in [-0.3, -0.25) is 0 Å². The molecule has 0 saturated carbocycles. The van der Waals surface area contributed by atoms with Crippen molar-refractivity contribution in [2.45, 2.75) is 17.4 Å². The Labute approximate surface area is 111 Å². The highest BCUT2D eigenvalue weighted by Gasteiger charge is 2.20. The first-order chi connectivity index (χ1) is 8.29. The zero-order chi connectivity index (χ0) is 13.9. The Bertz CT molecular complexity index is 599. The van der Waals surface area contributed by atoms with E-state index >= 15 is 0 Å². The average molecular weight is 316 g/mol. The molecular weight excluding hydrogens is 311 g/mol. The van der Waals surface area contributed by atoms with Gasteiger partial charge in [-0.05, 0) is 12.1 Å². The molecule has 18 heavy (non-hydrogen) atoms. The van der Waals surface area contributed by atoms with Crippen LogP contribution in [-0.2, 0) is 14.9 Å². The number of hydrogen-bond acceptors (Lipinski definition) is 4. The summed E-state index contributed by atoms with van der Waals surface area (Å²) in [5.41, 5.74) is -0.442. The molecular formula is C9H5Cl2F2NO3S. The van der Waals surface area contributed by atoms with Gasteiger partial charge >= 0.3 is 6.61 Å². The summed E-state index contributed by atoms with van der Waals surface area (Å²) in [6.45, 7) is -3.16. The monoisotopic (exact) mass is 315 g/mol. The Morgan fingerprint density at radius 1 is 1.44 bits per heavy atom. The van der Waals surface area contributed by atoms with Crippen molar-refractivity contribution in [2.24, 2.45) is 0 Å². The van der Waals surface area contributed by atoms with Crippen LogP contribution in [0.4, 0.5) is 8.78 Å². The number of nitrogens with zero attached hydrogens (tertiary/aromatic N) is 1. The third kappa shape index (κ3) is 3.45. The fourth-order valence-electron chi connectivity index (χ4n) is 1.21. The molecule has 1 rings (SSSR count). The van der Waals surface area contributed by atoms with E-state index in [2.05, 4.69) is 4.74 Å². The van der Waals surface area contributed by atoms with Crippen molar-refractivity contribution in [3.63, 3.8) is 0 Å². The highest BCUT2D eigenvalue weighted by atomic mass is 35.7. The molecule has 0 N–H and O–H groups in total. The Morgan fingerprint density at radius 3 is 2.44 bits per heavy atom. The van der Waals surface area contributed by atoms with Crippen molar-refractivity contribution in [3.8, 4) is 11.8 Å². The lowest BCUT2D eigenvalue weighted by Crippen LogP contribution is -2.07. The standard InChI is InChI=1S/C9H5Cl2F2NO3S/c10-3-5-1-7(18(11,15)16)2-6(4-14)8(5)17-9(12)13/h1-2,9H,3H2. The SMILES string of the molecule is N#Cc1cc(S(=O)(=O)Cl)cc(CCl)c1OC(F)F. The summed E-state index contributed by atoms with van der Waals surface area (Å²) in [5.74, 6) is -0.761. The summed E-state index contributed by atoms with van der Waals surface area (Å²) in [7, 11) is 1.01. The smallest absolute Gasteiger partial charge is 0.387 e. The fourth-order valence-corrected chi connectivity index (χ4v) is 2.22. The maximum absolute atomic E-state index is 12.2. The second kappa shape index (κ2) is 5.69. The molecule has 0 unspecified atom stereocenters. The Morgan fingerprint density at radius 2 is 2.06 bits per heavy atom. The molecule has 9 heteroatoms. The minimum Gasteiger partial charge on any atom is -0.433 e. The van der Waals surface area contributed by atoms with E-state index in [1.54, 1.807) is 6.07 Å². The van der Waals surface area contributed by atoms with Crippen LogP contribution >= 0.6 is 22.3 Å². The van der Waals surface area contributed by atoms with E-state index in [4.69, 9.17) is 27.5 Å². The number of hydrogen-bond donors (Lipinski definition) is 0. The highest BCUT2D eigenvalue weighted by molar-refractivity contribution is 8.13. The van der Waals surface area contributed by atoms with Crippen molar-refractivity contribution >= 4 is 31.3 Å². The van der Waals surface area contributed by atoms with Crippen LogP contribution in [-0.4, -0.2) is 15.0 Å². The summed E-state index contributed by atoms with van der Waals surface area (Å²) >= 11 is 5.49. The minimum absolute atomic E-state index is 0.0600. The first-order valence-corrected chi connectivity index (χ1v) is 7.16. The van der Waals surface area contributed by atoms with Gasteiger partial charge in [-0.15, -0.1) is 11.6 Å². The van der Waals surface area contributed by atoms with Gasteiger partial charge in [0.05, 0.1) is 16.3 Å². The molecule has 0 aliphatic heterocycles. The molecule has 0 bridgehead atoms. The normalized spacial score (nSPS) is 11.3. The molecule has 4 nitrogen and oxygen atoms in total. The summed E-state index contributed by atoms with van der Waals surface area (Å²) in [6.07, 6.45) is 0. The Balaban J connectivity index is 3.50. The number of nitriles is 1. The quantitative estimate of drug-likeness (QED) is 0.633. The maximum Gasteiger partial charge on any atom is 0.387 e. The Kier molecular flexibility index (Phi) is 4.73. The summed E-state index contributed by atoms with van der Waals surface area (Å²) in [5, 5.41) is 8.79. The van der Waals surface area contributed by atoms with E-state index in [0.29, 0.717) is 0 Å². The third-order valence-electron chi connectivity index (χ3n) is 1.89. The van der Waals surface area contributed by atoms with Gasteiger partial charge < -0.3 is 4.74 Å².